The Kier molecular flexibility index (Phi) is 2.50. The molecule has 0 amide bonds. The number of rotatable bonds is 0. The highest BCUT2D eigenvalue weighted by atomic mass is 16.6. The van der Waals surface area contributed by atoms with Gasteiger partial charge in [0, 0.05) is 6.42 Å². The molecule has 2 aliphatic carbocycles. The van der Waals surface area contributed by atoms with Gasteiger partial charge in [0.25, 0.3) is 0 Å². The summed E-state index contributed by atoms with van der Waals surface area (Å²) in [6.07, 6.45) is 2.09. The number of ether oxygens (including phenoxy) is 1. The van der Waals surface area contributed by atoms with Crippen molar-refractivity contribution in [1.82, 2.24) is 0 Å². The molecule has 0 radical (unpaired) electrons. The lowest BCUT2D eigenvalue weighted by atomic mass is 9.58. The van der Waals surface area contributed by atoms with Crippen molar-refractivity contribution in [2.24, 2.45) is 11.3 Å². The predicted molar refractivity (Wildman–Crippen MR) is 68.3 cm³/mol. The average molecular weight is 264 g/mol. The van der Waals surface area contributed by atoms with Gasteiger partial charge in [-0.25, -0.2) is 0 Å². The Bertz CT molecular complexity index is 506. The van der Waals surface area contributed by atoms with Crippen LogP contribution in [0.1, 0.15) is 46.5 Å². The van der Waals surface area contributed by atoms with Gasteiger partial charge in [0.05, 0.1) is 5.92 Å². The van der Waals surface area contributed by atoms with Gasteiger partial charge in [-0.05, 0) is 49.7 Å². The molecular formula is C15H20O4. The third-order valence-corrected chi connectivity index (χ3v) is 5.51. The molecule has 1 heterocycles. The fraction of sp³-hybridized carbons (Fsp3) is 0.733. The fourth-order valence-corrected chi connectivity index (χ4v) is 3.97. The minimum Gasteiger partial charge on any atom is -0.454 e. The lowest BCUT2D eigenvalue weighted by Gasteiger charge is -2.48. The van der Waals surface area contributed by atoms with E-state index in [0.29, 0.717) is 18.4 Å². The fourth-order valence-electron chi connectivity index (χ4n) is 3.97. The Hall–Kier alpha value is -1.16. The smallest absolute Gasteiger partial charge is 0.312 e. The standard InChI is InChI=1S/C15H20O4/c1-8-10(16)4-5-14(3)6-7-15(18)9(2)13(17)19-12(15)11(8)14/h9,12,18H,4-7H2,1-3H3/t9-,12-,14+,15+/m0/s1. The first-order valence-corrected chi connectivity index (χ1v) is 6.97. The highest BCUT2D eigenvalue weighted by Crippen LogP contribution is 2.56. The predicted octanol–water partition coefficient (Wildman–Crippen LogP) is 1.76. The Balaban J connectivity index is 2.15. The van der Waals surface area contributed by atoms with Crippen LogP contribution < -0.4 is 0 Å². The SMILES string of the molecule is CC1=C2[C@@H]3OC(=O)[C@H](C)[C@]3(O)CC[C@@]2(C)CCC1=O. The zero-order chi connectivity index (χ0) is 14.0. The molecule has 19 heavy (non-hydrogen) atoms. The molecule has 4 nitrogen and oxygen atoms in total. The first kappa shape index (κ1) is 12.9. The molecule has 3 rings (SSSR count). The number of hydrogen-bond acceptors (Lipinski definition) is 4. The van der Waals surface area contributed by atoms with Crippen molar-refractivity contribution in [3.05, 3.63) is 11.1 Å². The molecule has 2 fully saturated rings. The minimum absolute atomic E-state index is 0.112. The number of carbonyl (C=O) groups excluding carboxylic acids is 2. The van der Waals surface area contributed by atoms with Crippen LogP contribution in [0.2, 0.25) is 0 Å². The van der Waals surface area contributed by atoms with Gasteiger partial charge in [0.15, 0.2) is 11.9 Å². The summed E-state index contributed by atoms with van der Waals surface area (Å²) in [6, 6.07) is 0. The molecule has 1 saturated carbocycles. The second kappa shape index (κ2) is 3.69. The number of Topliss-reactive ketones (excluding diaryl/α,β-unsaturated/α-hetero) is 1. The van der Waals surface area contributed by atoms with Crippen LogP contribution in [0.15, 0.2) is 11.1 Å². The summed E-state index contributed by atoms with van der Waals surface area (Å²) in [4.78, 5) is 23.8. The summed E-state index contributed by atoms with van der Waals surface area (Å²) in [5.41, 5.74) is 0.318. The van der Waals surface area contributed by atoms with Crippen molar-refractivity contribution >= 4 is 11.8 Å². The van der Waals surface area contributed by atoms with Crippen molar-refractivity contribution in [2.45, 2.75) is 58.2 Å². The van der Waals surface area contributed by atoms with Crippen LogP contribution >= 0.6 is 0 Å². The van der Waals surface area contributed by atoms with Gasteiger partial charge < -0.3 is 9.84 Å². The first-order chi connectivity index (χ1) is 8.79. The summed E-state index contributed by atoms with van der Waals surface area (Å²) in [5.74, 6) is -0.748. The molecule has 0 aromatic heterocycles. The van der Waals surface area contributed by atoms with Gasteiger partial charge >= 0.3 is 5.97 Å². The summed E-state index contributed by atoms with van der Waals surface area (Å²) < 4.78 is 5.43. The number of allylic oxidation sites excluding steroid dienone is 1. The van der Waals surface area contributed by atoms with E-state index in [0.717, 1.165) is 18.4 Å². The molecule has 0 aromatic rings. The monoisotopic (exact) mass is 264 g/mol. The van der Waals surface area contributed by atoms with Crippen molar-refractivity contribution in [3.8, 4) is 0 Å². The first-order valence-electron chi connectivity index (χ1n) is 6.97. The highest BCUT2D eigenvalue weighted by Gasteiger charge is 2.62. The topological polar surface area (TPSA) is 63.6 Å². The lowest BCUT2D eigenvalue weighted by molar-refractivity contribution is -0.144. The van der Waals surface area contributed by atoms with Crippen molar-refractivity contribution in [2.75, 3.05) is 0 Å². The van der Waals surface area contributed by atoms with Crippen molar-refractivity contribution in [1.29, 1.82) is 0 Å². The maximum absolute atomic E-state index is 12.0. The number of fused-ring (bicyclic) bond motifs is 3. The maximum Gasteiger partial charge on any atom is 0.312 e. The molecule has 3 aliphatic rings. The molecule has 104 valence electrons. The second-order valence-corrected chi connectivity index (χ2v) is 6.55. The van der Waals surface area contributed by atoms with Crippen LogP contribution in [0.25, 0.3) is 0 Å². The third-order valence-electron chi connectivity index (χ3n) is 5.51. The Labute approximate surface area is 112 Å². The van der Waals surface area contributed by atoms with Crippen LogP contribution in [-0.4, -0.2) is 28.6 Å². The van der Waals surface area contributed by atoms with Crippen LogP contribution in [0, 0.1) is 11.3 Å². The van der Waals surface area contributed by atoms with Crippen LogP contribution in [-0.2, 0) is 14.3 Å². The van der Waals surface area contributed by atoms with E-state index in [9.17, 15) is 14.7 Å². The summed E-state index contributed by atoms with van der Waals surface area (Å²) in [7, 11) is 0. The van der Waals surface area contributed by atoms with Crippen molar-refractivity contribution in [3.63, 3.8) is 0 Å². The van der Waals surface area contributed by atoms with Gasteiger partial charge in [-0.1, -0.05) is 6.92 Å². The van der Waals surface area contributed by atoms with Gasteiger partial charge in [-0.3, -0.25) is 9.59 Å². The molecule has 0 unspecified atom stereocenters. The molecule has 1 N–H and O–H groups in total. The lowest BCUT2D eigenvalue weighted by Crippen LogP contribution is -2.53. The molecule has 0 bridgehead atoms. The van der Waals surface area contributed by atoms with Gasteiger partial charge in [-0.15, -0.1) is 0 Å². The molecule has 4 heteroatoms. The maximum atomic E-state index is 12.0. The van der Waals surface area contributed by atoms with E-state index in [1.165, 1.54) is 0 Å². The Morgan fingerprint density at radius 3 is 2.63 bits per heavy atom. The van der Waals surface area contributed by atoms with Crippen molar-refractivity contribution < 1.29 is 19.4 Å². The van der Waals surface area contributed by atoms with Gasteiger partial charge in [-0.2, -0.15) is 0 Å². The molecule has 0 spiro atoms. The Morgan fingerprint density at radius 1 is 1.26 bits per heavy atom. The highest BCUT2D eigenvalue weighted by molar-refractivity contribution is 5.97. The van der Waals surface area contributed by atoms with E-state index >= 15 is 0 Å². The van der Waals surface area contributed by atoms with E-state index in [2.05, 4.69) is 6.92 Å². The minimum atomic E-state index is -1.13. The molecule has 4 atom stereocenters. The number of aliphatic hydroxyl groups is 1. The molecule has 1 saturated heterocycles. The van der Waals surface area contributed by atoms with E-state index in [1.807, 2.05) is 0 Å². The van der Waals surface area contributed by atoms with Crippen LogP contribution in [0.3, 0.4) is 0 Å². The van der Waals surface area contributed by atoms with Crippen LogP contribution in [0.4, 0.5) is 0 Å². The summed E-state index contributed by atoms with van der Waals surface area (Å²) in [5, 5.41) is 10.8. The third kappa shape index (κ3) is 1.49. The van der Waals surface area contributed by atoms with Gasteiger partial charge in [0.1, 0.15) is 5.60 Å². The zero-order valence-corrected chi connectivity index (χ0v) is 11.7. The second-order valence-electron chi connectivity index (χ2n) is 6.55. The van der Waals surface area contributed by atoms with Gasteiger partial charge in [0.2, 0.25) is 0 Å². The van der Waals surface area contributed by atoms with E-state index in [1.54, 1.807) is 13.8 Å². The number of ketones is 1. The Morgan fingerprint density at radius 2 is 1.95 bits per heavy atom. The molecule has 1 aliphatic heterocycles. The van der Waals surface area contributed by atoms with E-state index in [4.69, 9.17) is 4.74 Å². The largest absolute Gasteiger partial charge is 0.454 e. The molecular weight excluding hydrogens is 244 g/mol. The summed E-state index contributed by atoms with van der Waals surface area (Å²) in [6.45, 7) is 5.64. The normalized spacial score (nSPS) is 45.9. The quantitative estimate of drug-likeness (QED) is 0.677. The zero-order valence-electron chi connectivity index (χ0n) is 11.7. The molecule has 0 aromatic carbocycles. The number of carbonyl (C=O) groups is 2. The van der Waals surface area contributed by atoms with Crippen LogP contribution in [0.5, 0.6) is 0 Å². The van der Waals surface area contributed by atoms with E-state index in [-0.39, 0.29) is 17.2 Å². The van der Waals surface area contributed by atoms with E-state index < -0.39 is 17.6 Å². The summed E-state index contributed by atoms with van der Waals surface area (Å²) >= 11 is 0. The number of esters is 1. The average Bonchev–Trinajstić information content (AvgIpc) is 2.59. The number of hydrogen-bond donors (Lipinski definition) is 1.